The minimum atomic E-state index is -1.24. The summed E-state index contributed by atoms with van der Waals surface area (Å²) in [6.45, 7) is 1.73. The van der Waals surface area contributed by atoms with Gasteiger partial charge in [0.2, 0.25) is 0 Å². The maximum absolute atomic E-state index is 11.9. The summed E-state index contributed by atoms with van der Waals surface area (Å²) in [5, 5.41) is 4.09. The molecular formula is C12H12ClN3O5. The van der Waals surface area contributed by atoms with Gasteiger partial charge in [0.05, 0.1) is 17.9 Å². The van der Waals surface area contributed by atoms with E-state index in [1.54, 1.807) is 12.2 Å². The van der Waals surface area contributed by atoms with Gasteiger partial charge >= 0.3 is 12.1 Å². The third kappa shape index (κ3) is 4.77. The molecule has 4 amide bonds. The number of carbonyl (C=O) groups excluding carboxylic acids is 4. The highest BCUT2D eigenvalue weighted by atomic mass is 35.5. The van der Waals surface area contributed by atoms with E-state index >= 15 is 0 Å². The number of rotatable bonds is 4. The fourth-order valence-corrected chi connectivity index (χ4v) is 1.55. The molecule has 4 N–H and O–H groups in total. The monoisotopic (exact) mass is 313 g/mol. The molecule has 1 aromatic rings. The van der Waals surface area contributed by atoms with Crippen LogP contribution in [0.1, 0.15) is 17.3 Å². The van der Waals surface area contributed by atoms with Gasteiger partial charge in [-0.1, -0.05) is 11.6 Å². The predicted octanol–water partition coefficient (Wildman–Crippen LogP) is 1.29. The molecule has 1 rings (SSSR count). The van der Waals surface area contributed by atoms with Crippen molar-refractivity contribution in [3.05, 3.63) is 28.8 Å². The zero-order valence-corrected chi connectivity index (χ0v) is 11.7. The number of hydrogen-bond donors (Lipinski definition) is 3. The third-order valence-corrected chi connectivity index (χ3v) is 2.42. The Bertz CT molecular complexity index is 603. The molecular weight excluding hydrogens is 302 g/mol. The van der Waals surface area contributed by atoms with Crippen molar-refractivity contribution in [2.75, 3.05) is 11.9 Å². The van der Waals surface area contributed by atoms with Crippen molar-refractivity contribution >= 4 is 41.1 Å². The van der Waals surface area contributed by atoms with E-state index in [4.69, 9.17) is 17.3 Å². The van der Waals surface area contributed by atoms with Crippen LogP contribution < -0.4 is 16.4 Å². The van der Waals surface area contributed by atoms with Crippen LogP contribution in [0.5, 0.6) is 0 Å². The first-order chi connectivity index (χ1) is 9.85. The molecule has 0 bridgehead atoms. The highest BCUT2D eigenvalue weighted by molar-refractivity contribution is 6.46. The zero-order valence-electron chi connectivity index (χ0n) is 10.9. The number of primary amides is 1. The number of urea groups is 1. The Kier molecular flexibility index (Phi) is 5.67. The molecule has 0 aliphatic carbocycles. The molecule has 1 aromatic carbocycles. The number of imide groups is 1. The summed E-state index contributed by atoms with van der Waals surface area (Å²) in [5.74, 6) is -2.32. The van der Waals surface area contributed by atoms with Crippen molar-refractivity contribution in [2.45, 2.75) is 6.92 Å². The number of hydrogen-bond acceptors (Lipinski definition) is 5. The fraction of sp³-hybridized carbons (Fsp3) is 0.167. The number of nitrogens with two attached hydrogens (primary N) is 1. The molecule has 112 valence electrons. The molecule has 0 unspecified atom stereocenters. The van der Waals surface area contributed by atoms with Crippen molar-refractivity contribution in [2.24, 2.45) is 5.73 Å². The van der Waals surface area contributed by atoms with E-state index in [2.05, 4.69) is 10.1 Å². The number of nitrogens with one attached hydrogen (secondary N) is 2. The van der Waals surface area contributed by atoms with Gasteiger partial charge in [0.25, 0.3) is 11.7 Å². The molecule has 9 heteroatoms. The van der Waals surface area contributed by atoms with Crippen molar-refractivity contribution in [1.82, 2.24) is 5.32 Å². The van der Waals surface area contributed by atoms with E-state index in [1.165, 1.54) is 18.2 Å². The van der Waals surface area contributed by atoms with Crippen LogP contribution in [-0.2, 0) is 9.53 Å². The lowest BCUT2D eigenvalue weighted by Crippen LogP contribution is -2.39. The van der Waals surface area contributed by atoms with Crippen molar-refractivity contribution in [3.63, 3.8) is 0 Å². The van der Waals surface area contributed by atoms with Gasteiger partial charge in [-0.25, -0.2) is 9.59 Å². The number of benzene rings is 1. The van der Waals surface area contributed by atoms with Gasteiger partial charge in [-0.15, -0.1) is 0 Å². The van der Waals surface area contributed by atoms with Crippen LogP contribution in [-0.4, -0.2) is 30.4 Å². The van der Waals surface area contributed by atoms with Gasteiger partial charge in [-0.2, -0.15) is 0 Å². The second-order valence-electron chi connectivity index (χ2n) is 3.68. The van der Waals surface area contributed by atoms with Crippen LogP contribution in [0.4, 0.5) is 15.3 Å². The number of Topliss-reactive ketones (excluding diaryl/α,β-unsaturated/α-hetero) is 1. The summed E-state index contributed by atoms with van der Waals surface area (Å²) < 4.78 is 4.67. The minimum Gasteiger partial charge on any atom is -0.450 e. The maximum Gasteiger partial charge on any atom is 0.411 e. The Morgan fingerprint density at radius 3 is 2.52 bits per heavy atom. The van der Waals surface area contributed by atoms with Gasteiger partial charge in [0.15, 0.2) is 0 Å². The largest absolute Gasteiger partial charge is 0.450 e. The lowest BCUT2D eigenvalue weighted by atomic mass is 10.1. The Labute approximate surface area is 124 Å². The first-order valence-electron chi connectivity index (χ1n) is 5.73. The quantitative estimate of drug-likeness (QED) is 0.570. The van der Waals surface area contributed by atoms with Crippen LogP contribution in [0.25, 0.3) is 0 Å². The van der Waals surface area contributed by atoms with Crippen LogP contribution in [0.3, 0.4) is 0 Å². The SMILES string of the molecule is CCOC(=O)Nc1ccc(Cl)cc1C(=O)C(=O)NC(N)=O. The number of carbonyl (C=O) groups is 4. The Hall–Kier alpha value is -2.61. The fourth-order valence-electron chi connectivity index (χ4n) is 1.38. The van der Waals surface area contributed by atoms with E-state index in [0.717, 1.165) is 0 Å². The van der Waals surface area contributed by atoms with Gasteiger partial charge in [0, 0.05) is 5.02 Å². The summed E-state index contributed by atoms with van der Waals surface area (Å²) in [4.78, 5) is 45.4. The lowest BCUT2D eigenvalue weighted by molar-refractivity contribution is -0.115. The highest BCUT2D eigenvalue weighted by Crippen LogP contribution is 2.21. The molecule has 0 spiro atoms. The lowest BCUT2D eigenvalue weighted by Gasteiger charge is -2.10. The average molecular weight is 314 g/mol. The number of anilines is 1. The Morgan fingerprint density at radius 2 is 1.95 bits per heavy atom. The molecule has 0 aliphatic rings. The van der Waals surface area contributed by atoms with E-state index in [0.29, 0.717) is 0 Å². The van der Waals surface area contributed by atoms with Gasteiger partial charge < -0.3 is 10.5 Å². The molecule has 0 saturated heterocycles. The van der Waals surface area contributed by atoms with Gasteiger partial charge in [0.1, 0.15) is 0 Å². The van der Waals surface area contributed by atoms with E-state index in [9.17, 15) is 19.2 Å². The molecule has 0 aromatic heterocycles. The highest BCUT2D eigenvalue weighted by Gasteiger charge is 2.22. The molecule has 0 fully saturated rings. The predicted molar refractivity (Wildman–Crippen MR) is 74.2 cm³/mol. The molecule has 0 atom stereocenters. The maximum atomic E-state index is 11.9. The second kappa shape index (κ2) is 7.25. The van der Waals surface area contributed by atoms with Crippen LogP contribution in [0.15, 0.2) is 18.2 Å². The van der Waals surface area contributed by atoms with Crippen molar-refractivity contribution < 1.29 is 23.9 Å². The molecule has 0 heterocycles. The van der Waals surface area contributed by atoms with Crippen LogP contribution in [0, 0.1) is 0 Å². The Balaban J connectivity index is 3.06. The summed E-state index contributed by atoms with van der Waals surface area (Å²) in [6, 6.07) is 2.73. The minimum absolute atomic E-state index is 0.0162. The number of ketones is 1. The number of amides is 4. The summed E-state index contributed by atoms with van der Waals surface area (Å²) in [5.41, 5.74) is 4.58. The smallest absolute Gasteiger partial charge is 0.411 e. The first kappa shape index (κ1) is 16.4. The van der Waals surface area contributed by atoms with E-state index in [-0.39, 0.29) is 22.9 Å². The van der Waals surface area contributed by atoms with Crippen molar-refractivity contribution in [1.29, 1.82) is 0 Å². The number of ether oxygens (including phenoxy) is 1. The Morgan fingerprint density at radius 1 is 1.29 bits per heavy atom. The topological polar surface area (TPSA) is 128 Å². The molecule has 0 aliphatic heterocycles. The third-order valence-electron chi connectivity index (χ3n) is 2.18. The number of halogens is 1. The van der Waals surface area contributed by atoms with Gasteiger partial charge in [-0.05, 0) is 25.1 Å². The normalized spacial score (nSPS) is 9.62. The van der Waals surface area contributed by atoms with Crippen molar-refractivity contribution in [3.8, 4) is 0 Å². The summed E-state index contributed by atoms with van der Waals surface area (Å²) in [6.07, 6.45) is -0.802. The van der Waals surface area contributed by atoms with E-state index in [1.807, 2.05) is 0 Å². The van der Waals surface area contributed by atoms with Crippen LogP contribution in [0.2, 0.25) is 5.02 Å². The first-order valence-corrected chi connectivity index (χ1v) is 6.11. The average Bonchev–Trinajstić information content (AvgIpc) is 2.39. The molecule has 21 heavy (non-hydrogen) atoms. The standard InChI is InChI=1S/C12H12ClN3O5/c1-2-21-12(20)15-8-4-3-6(13)5-7(8)9(17)10(18)16-11(14)19/h3-5H,2H2,1H3,(H,15,20)(H3,14,16,18,19). The molecule has 0 saturated carbocycles. The second-order valence-corrected chi connectivity index (χ2v) is 4.12. The summed E-state index contributed by atoms with van der Waals surface area (Å²) in [7, 11) is 0. The van der Waals surface area contributed by atoms with Crippen LogP contribution >= 0.6 is 11.6 Å². The van der Waals surface area contributed by atoms with E-state index < -0.39 is 23.8 Å². The van der Waals surface area contributed by atoms with Gasteiger partial charge in [-0.3, -0.25) is 20.2 Å². The molecule has 0 radical (unpaired) electrons. The molecule has 8 nitrogen and oxygen atoms in total. The zero-order chi connectivity index (χ0) is 16.0. The summed E-state index contributed by atoms with van der Waals surface area (Å²) >= 11 is 5.75.